The molecule has 2 N–H and O–H groups in total. The van der Waals surface area contributed by atoms with E-state index in [1.807, 2.05) is 30.3 Å². The van der Waals surface area contributed by atoms with Gasteiger partial charge in [-0.25, -0.2) is 4.79 Å². The van der Waals surface area contributed by atoms with Crippen LogP contribution in [0.3, 0.4) is 0 Å². The van der Waals surface area contributed by atoms with E-state index in [9.17, 15) is 9.59 Å². The second-order valence-electron chi connectivity index (χ2n) is 6.03. The van der Waals surface area contributed by atoms with E-state index < -0.39 is 5.97 Å². The zero-order valence-electron chi connectivity index (χ0n) is 15.9. The topological polar surface area (TPSA) is 89.6 Å². The molecular weight excluding hydrogens is 358 g/mol. The summed E-state index contributed by atoms with van der Waals surface area (Å²) in [5, 5.41) is 6.73. The molecule has 3 rings (SSSR count). The zero-order chi connectivity index (χ0) is 20.1. The highest BCUT2D eigenvalue weighted by atomic mass is 16.5. The first-order valence-corrected chi connectivity index (χ1v) is 8.80. The number of rotatable bonds is 6. The smallest absolute Gasteiger partial charge is 0.341 e. The molecule has 0 bridgehead atoms. The molecule has 0 aliphatic heterocycles. The molecule has 3 aromatic rings. The Morgan fingerprint density at radius 3 is 2.43 bits per heavy atom. The number of benzene rings is 2. The van der Waals surface area contributed by atoms with Gasteiger partial charge < -0.3 is 20.1 Å². The van der Waals surface area contributed by atoms with Crippen LogP contribution >= 0.6 is 0 Å². The summed E-state index contributed by atoms with van der Waals surface area (Å²) in [5.74, 6) is 0.0500. The first-order valence-electron chi connectivity index (χ1n) is 8.80. The fourth-order valence-electron chi connectivity index (χ4n) is 2.78. The molecule has 0 spiro atoms. The van der Waals surface area contributed by atoms with Gasteiger partial charge in [0.1, 0.15) is 11.3 Å². The molecule has 0 atom stereocenters. The fourth-order valence-corrected chi connectivity index (χ4v) is 2.78. The predicted molar refractivity (Wildman–Crippen MR) is 108 cm³/mol. The van der Waals surface area contributed by atoms with Crippen LogP contribution in [0.4, 0.5) is 17.1 Å². The molecule has 28 heavy (non-hydrogen) atoms. The summed E-state index contributed by atoms with van der Waals surface area (Å²) in [4.78, 5) is 28.0. The average Bonchev–Trinajstić information content (AvgIpc) is 2.69. The first-order chi connectivity index (χ1) is 13.5. The molecule has 7 heteroatoms. The van der Waals surface area contributed by atoms with Gasteiger partial charge in [0.2, 0.25) is 5.91 Å². The molecule has 144 valence electrons. The Kier molecular flexibility index (Phi) is 5.74. The van der Waals surface area contributed by atoms with E-state index in [-0.39, 0.29) is 12.5 Å². The van der Waals surface area contributed by atoms with E-state index in [1.54, 1.807) is 26.2 Å². The van der Waals surface area contributed by atoms with Crippen LogP contribution in [0.15, 0.2) is 48.7 Å². The van der Waals surface area contributed by atoms with Gasteiger partial charge >= 0.3 is 5.97 Å². The van der Waals surface area contributed by atoms with Gasteiger partial charge in [-0.2, -0.15) is 0 Å². The van der Waals surface area contributed by atoms with Crippen molar-refractivity contribution in [3.8, 4) is 5.75 Å². The summed E-state index contributed by atoms with van der Waals surface area (Å²) in [5.41, 5.74) is 3.05. The van der Waals surface area contributed by atoms with Crippen molar-refractivity contribution in [3.63, 3.8) is 0 Å². The summed E-state index contributed by atoms with van der Waals surface area (Å²) < 4.78 is 10.5. The number of aromatic nitrogens is 1. The third-order valence-electron chi connectivity index (χ3n) is 4.05. The zero-order valence-corrected chi connectivity index (χ0v) is 15.9. The summed E-state index contributed by atoms with van der Waals surface area (Å²) in [6.45, 7) is 3.47. The number of nitrogens with zero attached hydrogens (tertiary/aromatic N) is 1. The molecule has 7 nitrogen and oxygen atoms in total. The minimum atomic E-state index is -0.461. The van der Waals surface area contributed by atoms with Crippen LogP contribution in [0.1, 0.15) is 24.2 Å². The Morgan fingerprint density at radius 1 is 1.07 bits per heavy atom. The Bertz CT molecular complexity index is 1020. The largest absolute Gasteiger partial charge is 0.497 e. The van der Waals surface area contributed by atoms with Crippen LogP contribution in [-0.2, 0) is 9.53 Å². The molecule has 0 saturated carbocycles. The Morgan fingerprint density at radius 2 is 1.79 bits per heavy atom. The van der Waals surface area contributed by atoms with Crippen molar-refractivity contribution in [2.75, 3.05) is 24.4 Å². The Labute approximate surface area is 162 Å². The lowest BCUT2D eigenvalue weighted by atomic mass is 10.1. The molecule has 0 fully saturated rings. The van der Waals surface area contributed by atoms with Gasteiger partial charge in [0, 0.05) is 29.9 Å². The van der Waals surface area contributed by atoms with E-state index in [4.69, 9.17) is 9.47 Å². The van der Waals surface area contributed by atoms with Gasteiger partial charge in [-0.3, -0.25) is 9.78 Å². The number of fused-ring (bicyclic) bond motifs is 1. The monoisotopic (exact) mass is 379 g/mol. The van der Waals surface area contributed by atoms with Gasteiger partial charge in [-0.05, 0) is 49.4 Å². The SMILES string of the molecule is CCOC(=O)c1cnc2ccc(OC)cc2c1Nc1ccc(NC(C)=O)cc1. The summed E-state index contributed by atoms with van der Waals surface area (Å²) in [7, 11) is 1.58. The quantitative estimate of drug-likeness (QED) is 0.626. The van der Waals surface area contributed by atoms with Crippen molar-refractivity contribution >= 4 is 39.8 Å². The third-order valence-corrected chi connectivity index (χ3v) is 4.05. The molecule has 0 unspecified atom stereocenters. The number of methoxy groups -OCH3 is 1. The second kappa shape index (κ2) is 8.39. The molecule has 1 heterocycles. The van der Waals surface area contributed by atoms with Crippen LogP contribution in [0.2, 0.25) is 0 Å². The van der Waals surface area contributed by atoms with Crippen molar-refractivity contribution in [2.45, 2.75) is 13.8 Å². The summed E-state index contributed by atoms with van der Waals surface area (Å²) >= 11 is 0. The lowest BCUT2D eigenvalue weighted by Crippen LogP contribution is -2.09. The van der Waals surface area contributed by atoms with Gasteiger partial charge in [0.25, 0.3) is 0 Å². The van der Waals surface area contributed by atoms with Crippen molar-refractivity contribution < 1.29 is 19.1 Å². The molecule has 0 radical (unpaired) electrons. The van der Waals surface area contributed by atoms with Crippen LogP contribution in [-0.4, -0.2) is 30.6 Å². The molecular formula is C21H21N3O4. The highest BCUT2D eigenvalue weighted by Crippen LogP contribution is 2.32. The highest BCUT2D eigenvalue weighted by molar-refractivity contribution is 6.06. The molecule has 2 aromatic carbocycles. The molecule has 0 aliphatic carbocycles. The number of ether oxygens (including phenoxy) is 2. The molecule has 0 saturated heterocycles. The minimum Gasteiger partial charge on any atom is -0.497 e. The van der Waals surface area contributed by atoms with Crippen LogP contribution < -0.4 is 15.4 Å². The maximum Gasteiger partial charge on any atom is 0.341 e. The maximum absolute atomic E-state index is 12.4. The highest BCUT2D eigenvalue weighted by Gasteiger charge is 2.17. The summed E-state index contributed by atoms with van der Waals surface area (Å²) in [6, 6.07) is 12.6. The Hall–Kier alpha value is -3.61. The molecule has 1 aromatic heterocycles. The van der Waals surface area contributed by atoms with E-state index in [0.29, 0.717) is 28.2 Å². The van der Waals surface area contributed by atoms with E-state index in [2.05, 4.69) is 15.6 Å². The lowest BCUT2D eigenvalue weighted by Gasteiger charge is -2.15. The van der Waals surface area contributed by atoms with Crippen LogP contribution in [0.25, 0.3) is 10.9 Å². The van der Waals surface area contributed by atoms with Gasteiger partial charge in [0.05, 0.1) is 24.9 Å². The van der Waals surface area contributed by atoms with Crippen molar-refractivity contribution in [3.05, 3.63) is 54.2 Å². The normalized spacial score (nSPS) is 10.4. The number of amides is 1. The second-order valence-corrected chi connectivity index (χ2v) is 6.03. The van der Waals surface area contributed by atoms with Crippen molar-refractivity contribution in [2.24, 2.45) is 0 Å². The Balaban J connectivity index is 2.06. The standard InChI is InChI=1S/C21H21N3O4/c1-4-28-21(26)18-12-22-19-10-9-16(27-3)11-17(19)20(18)24-15-7-5-14(6-8-15)23-13(2)25/h5-12H,4H2,1-3H3,(H,22,24)(H,23,25). The van der Waals surface area contributed by atoms with Crippen LogP contribution in [0, 0.1) is 0 Å². The van der Waals surface area contributed by atoms with Crippen LogP contribution in [0.5, 0.6) is 5.75 Å². The number of hydrogen-bond donors (Lipinski definition) is 2. The number of hydrogen-bond acceptors (Lipinski definition) is 6. The third kappa shape index (κ3) is 4.20. The number of carbonyl (C=O) groups is 2. The number of esters is 1. The lowest BCUT2D eigenvalue weighted by molar-refractivity contribution is -0.114. The number of nitrogens with one attached hydrogen (secondary N) is 2. The van der Waals surface area contributed by atoms with E-state index in [1.165, 1.54) is 13.1 Å². The number of carbonyl (C=O) groups excluding carboxylic acids is 2. The fraction of sp³-hybridized carbons (Fsp3) is 0.190. The summed E-state index contributed by atoms with van der Waals surface area (Å²) in [6.07, 6.45) is 1.50. The maximum atomic E-state index is 12.4. The van der Waals surface area contributed by atoms with Gasteiger partial charge in [-0.15, -0.1) is 0 Å². The predicted octanol–water partition coefficient (Wildman–Crippen LogP) is 4.12. The number of anilines is 3. The minimum absolute atomic E-state index is 0.141. The van der Waals surface area contributed by atoms with E-state index >= 15 is 0 Å². The van der Waals surface area contributed by atoms with Gasteiger partial charge in [0.15, 0.2) is 0 Å². The van der Waals surface area contributed by atoms with Crippen molar-refractivity contribution in [1.29, 1.82) is 0 Å². The molecule has 1 amide bonds. The van der Waals surface area contributed by atoms with Gasteiger partial charge in [-0.1, -0.05) is 0 Å². The number of pyridine rings is 1. The van der Waals surface area contributed by atoms with E-state index in [0.717, 1.165) is 11.1 Å². The molecule has 0 aliphatic rings. The average molecular weight is 379 g/mol. The van der Waals surface area contributed by atoms with Crippen molar-refractivity contribution in [1.82, 2.24) is 4.98 Å². The first kappa shape index (κ1) is 19.2.